The van der Waals surface area contributed by atoms with Crippen molar-refractivity contribution in [3.63, 3.8) is 0 Å². The smallest absolute Gasteiger partial charge is 0.222 e. The van der Waals surface area contributed by atoms with E-state index in [4.69, 9.17) is 4.99 Å². The van der Waals surface area contributed by atoms with Gasteiger partial charge in [-0.05, 0) is 42.9 Å². The second-order valence-electron chi connectivity index (χ2n) is 8.08. The standard InChI is InChI=1S/C25H34N4O.HI/c1-4-26-25(27-16-20(3)21-13-11-19(2)12-14-21)28-17-22-8-5-6-9-23(22)18-29-15-7-10-24(29)30;/h5-6,8-9,11-14,20H,4,7,10,15-18H2,1-3H3,(H2,26,27,28);1H. The van der Waals surface area contributed by atoms with Crippen molar-refractivity contribution in [3.8, 4) is 0 Å². The Morgan fingerprint density at radius 3 is 2.45 bits per heavy atom. The van der Waals surface area contributed by atoms with Crippen molar-refractivity contribution in [1.29, 1.82) is 0 Å². The fraction of sp³-hybridized carbons (Fsp3) is 0.440. The summed E-state index contributed by atoms with van der Waals surface area (Å²) in [6.07, 6.45) is 1.64. The summed E-state index contributed by atoms with van der Waals surface area (Å²) in [6.45, 7) is 10.2. The molecular weight excluding hydrogens is 499 g/mol. The number of benzene rings is 2. The van der Waals surface area contributed by atoms with Crippen LogP contribution in [0.3, 0.4) is 0 Å². The van der Waals surface area contributed by atoms with E-state index in [0.717, 1.165) is 32.0 Å². The highest BCUT2D eigenvalue weighted by atomic mass is 127. The molecule has 1 heterocycles. The monoisotopic (exact) mass is 534 g/mol. The summed E-state index contributed by atoms with van der Waals surface area (Å²) in [5.74, 6) is 1.47. The van der Waals surface area contributed by atoms with E-state index in [0.29, 0.717) is 25.4 Å². The zero-order chi connectivity index (χ0) is 21.3. The van der Waals surface area contributed by atoms with E-state index in [1.54, 1.807) is 0 Å². The second kappa shape index (κ2) is 12.7. The maximum atomic E-state index is 12.0. The van der Waals surface area contributed by atoms with E-state index >= 15 is 0 Å². The summed E-state index contributed by atoms with van der Waals surface area (Å²) in [4.78, 5) is 18.8. The zero-order valence-corrected chi connectivity index (χ0v) is 21.2. The van der Waals surface area contributed by atoms with Crippen LogP contribution in [0.25, 0.3) is 0 Å². The minimum atomic E-state index is 0. The largest absolute Gasteiger partial charge is 0.357 e. The lowest BCUT2D eigenvalue weighted by Crippen LogP contribution is -2.39. The highest BCUT2D eigenvalue weighted by Crippen LogP contribution is 2.18. The average Bonchev–Trinajstić information content (AvgIpc) is 3.15. The number of hydrogen-bond donors (Lipinski definition) is 2. The Labute approximate surface area is 203 Å². The van der Waals surface area contributed by atoms with Crippen LogP contribution in [0, 0.1) is 6.92 Å². The molecule has 1 amide bonds. The normalized spacial score (nSPS) is 14.9. The molecule has 1 atom stereocenters. The molecule has 0 radical (unpaired) electrons. The third-order valence-corrected chi connectivity index (χ3v) is 5.62. The van der Waals surface area contributed by atoms with Gasteiger partial charge in [-0.2, -0.15) is 0 Å². The molecule has 0 aromatic heterocycles. The van der Waals surface area contributed by atoms with Gasteiger partial charge in [-0.3, -0.25) is 4.79 Å². The number of aryl methyl sites for hydroxylation is 1. The molecule has 2 aromatic rings. The van der Waals surface area contributed by atoms with Crippen LogP contribution in [0.5, 0.6) is 0 Å². The number of likely N-dealkylation sites (tertiary alicyclic amines) is 1. The molecule has 2 N–H and O–H groups in total. The van der Waals surface area contributed by atoms with Crippen molar-refractivity contribution < 1.29 is 4.79 Å². The Balaban J connectivity index is 0.00000341. The lowest BCUT2D eigenvalue weighted by Gasteiger charge is -2.18. The molecule has 2 aromatic carbocycles. The number of nitrogens with one attached hydrogen (secondary N) is 2. The summed E-state index contributed by atoms with van der Waals surface area (Å²) < 4.78 is 0. The van der Waals surface area contributed by atoms with Gasteiger partial charge >= 0.3 is 0 Å². The molecule has 1 aliphatic heterocycles. The van der Waals surface area contributed by atoms with Gasteiger partial charge in [-0.15, -0.1) is 24.0 Å². The molecule has 0 aliphatic carbocycles. The molecule has 1 saturated heterocycles. The molecule has 0 bridgehead atoms. The van der Waals surface area contributed by atoms with Gasteiger partial charge in [0.05, 0.1) is 6.54 Å². The van der Waals surface area contributed by atoms with E-state index in [1.165, 1.54) is 22.3 Å². The molecule has 5 nitrogen and oxygen atoms in total. The minimum absolute atomic E-state index is 0. The van der Waals surface area contributed by atoms with Gasteiger partial charge < -0.3 is 15.5 Å². The number of aliphatic imine (C=N–C) groups is 1. The average molecular weight is 534 g/mol. The summed E-state index contributed by atoms with van der Waals surface area (Å²) in [5.41, 5.74) is 4.95. The maximum absolute atomic E-state index is 12.0. The quantitative estimate of drug-likeness (QED) is 0.296. The van der Waals surface area contributed by atoms with Crippen molar-refractivity contribution in [3.05, 3.63) is 70.8 Å². The number of carbonyl (C=O) groups excluding carboxylic acids is 1. The third-order valence-electron chi connectivity index (χ3n) is 5.62. The predicted octanol–water partition coefficient (Wildman–Crippen LogP) is 4.59. The van der Waals surface area contributed by atoms with Gasteiger partial charge in [0.1, 0.15) is 0 Å². The first-order chi connectivity index (χ1) is 14.6. The SMILES string of the molecule is CCNC(=NCc1ccccc1CN1CCCC1=O)NCC(C)c1ccc(C)cc1.I. The molecular formula is C25H35IN4O. The van der Waals surface area contributed by atoms with Crippen LogP contribution < -0.4 is 10.6 Å². The lowest BCUT2D eigenvalue weighted by molar-refractivity contribution is -0.128. The van der Waals surface area contributed by atoms with Crippen LogP contribution in [0.2, 0.25) is 0 Å². The number of carbonyl (C=O) groups is 1. The molecule has 1 unspecified atom stereocenters. The van der Waals surface area contributed by atoms with Crippen molar-refractivity contribution in [2.24, 2.45) is 4.99 Å². The summed E-state index contributed by atoms with van der Waals surface area (Å²) >= 11 is 0. The van der Waals surface area contributed by atoms with Crippen molar-refractivity contribution >= 4 is 35.8 Å². The number of amides is 1. The fourth-order valence-electron chi connectivity index (χ4n) is 3.71. The van der Waals surface area contributed by atoms with Crippen LogP contribution in [0.1, 0.15) is 54.9 Å². The van der Waals surface area contributed by atoms with Crippen molar-refractivity contribution in [2.45, 2.75) is 52.6 Å². The fourth-order valence-corrected chi connectivity index (χ4v) is 3.71. The van der Waals surface area contributed by atoms with E-state index < -0.39 is 0 Å². The van der Waals surface area contributed by atoms with Crippen molar-refractivity contribution in [2.75, 3.05) is 19.6 Å². The van der Waals surface area contributed by atoms with Gasteiger partial charge in [0.15, 0.2) is 5.96 Å². The number of rotatable bonds is 8. The molecule has 0 saturated carbocycles. The lowest BCUT2D eigenvalue weighted by atomic mass is 10.0. The topological polar surface area (TPSA) is 56.7 Å². The molecule has 3 rings (SSSR count). The van der Waals surface area contributed by atoms with E-state index in [2.05, 4.69) is 67.8 Å². The molecule has 6 heteroatoms. The first-order valence-electron chi connectivity index (χ1n) is 11.0. The molecule has 1 fully saturated rings. The Morgan fingerprint density at radius 2 is 1.81 bits per heavy atom. The van der Waals surface area contributed by atoms with Gasteiger partial charge in [0, 0.05) is 32.6 Å². The van der Waals surface area contributed by atoms with Crippen molar-refractivity contribution in [1.82, 2.24) is 15.5 Å². The molecule has 0 spiro atoms. The Morgan fingerprint density at radius 1 is 1.10 bits per heavy atom. The third kappa shape index (κ3) is 7.52. The van der Waals surface area contributed by atoms with Gasteiger partial charge in [-0.1, -0.05) is 61.0 Å². The van der Waals surface area contributed by atoms with E-state index in [1.807, 2.05) is 17.0 Å². The zero-order valence-electron chi connectivity index (χ0n) is 18.9. The number of nitrogens with zero attached hydrogens (tertiary/aromatic N) is 2. The Bertz CT molecular complexity index is 866. The second-order valence-corrected chi connectivity index (χ2v) is 8.08. The summed E-state index contributed by atoms with van der Waals surface area (Å²) in [7, 11) is 0. The van der Waals surface area contributed by atoms with E-state index in [9.17, 15) is 4.79 Å². The Hall–Kier alpha value is -2.09. The highest BCUT2D eigenvalue weighted by molar-refractivity contribution is 14.0. The van der Waals surface area contributed by atoms with Gasteiger partial charge in [-0.25, -0.2) is 4.99 Å². The van der Waals surface area contributed by atoms with Crippen LogP contribution in [-0.2, 0) is 17.9 Å². The molecule has 1 aliphatic rings. The van der Waals surface area contributed by atoms with Crippen LogP contribution >= 0.6 is 24.0 Å². The number of guanidine groups is 1. The van der Waals surface area contributed by atoms with Crippen LogP contribution in [-0.4, -0.2) is 36.4 Å². The minimum Gasteiger partial charge on any atom is -0.357 e. The first kappa shape index (κ1) is 25.2. The first-order valence-corrected chi connectivity index (χ1v) is 11.0. The number of halogens is 1. The molecule has 168 valence electrons. The maximum Gasteiger partial charge on any atom is 0.222 e. The molecule has 31 heavy (non-hydrogen) atoms. The summed E-state index contributed by atoms with van der Waals surface area (Å²) in [5, 5.41) is 6.82. The summed E-state index contributed by atoms with van der Waals surface area (Å²) in [6, 6.07) is 17.0. The van der Waals surface area contributed by atoms with Gasteiger partial charge in [0.2, 0.25) is 5.91 Å². The van der Waals surface area contributed by atoms with Crippen LogP contribution in [0.15, 0.2) is 53.5 Å². The van der Waals surface area contributed by atoms with Gasteiger partial charge in [0.25, 0.3) is 0 Å². The Kier molecular flexibility index (Phi) is 10.3. The predicted molar refractivity (Wildman–Crippen MR) is 139 cm³/mol. The highest BCUT2D eigenvalue weighted by Gasteiger charge is 2.20. The van der Waals surface area contributed by atoms with Crippen LogP contribution in [0.4, 0.5) is 0 Å². The van der Waals surface area contributed by atoms with E-state index in [-0.39, 0.29) is 29.9 Å². The number of hydrogen-bond acceptors (Lipinski definition) is 2.